The molecule has 1 amide bonds. The maximum atomic E-state index is 11.5. The van der Waals surface area contributed by atoms with Gasteiger partial charge in [-0.1, -0.05) is 5.16 Å². The van der Waals surface area contributed by atoms with Crippen molar-refractivity contribution in [1.82, 2.24) is 0 Å². The van der Waals surface area contributed by atoms with Gasteiger partial charge in [0.1, 0.15) is 5.71 Å². The van der Waals surface area contributed by atoms with Gasteiger partial charge in [0.05, 0.1) is 0 Å². The lowest BCUT2D eigenvalue weighted by Gasteiger charge is -2.03. The smallest absolute Gasteiger partial charge is 0.221 e. The summed E-state index contributed by atoms with van der Waals surface area (Å²) in [7, 11) is 0. The second-order valence-corrected chi connectivity index (χ2v) is 3.27. The van der Waals surface area contributed by atoms with E-state index >= 15 is 0 Å². The number of hydrogen-bond acceptors (Lipinski definition) is 4. The van der Waals surface area contributed by atoms with E-state index in [9.17, 15) is 9.59 Å². The molecule has 0 fully saturated rings. The maximum absolute atomic E-state index is 11.5. The van der Waals surface area contributed by atoms with E-state index in [1.807, 2.05) is 0 Å². The van der Waals surface area contributed by atoms with E-state index in [-0.39, 0.29) is 17.4 Å². The van der Waals surface area contributed by atoms with Crippen LogP contribution < -0.4 is 5.32 Å². The quantitative estimate of drug-likeness (QED) is 0.352. The minimum absolute atomic E-state index is 0.0206. The fourth-order valence-electron chi connectivity index (χ4n) is 1.16. The SMILES string of the molecule is CC(=O)Nc1ccc(C(=O)C(C)=NO)cc1. The van der Waals surface area contributed by atoms with Crippen LogP contribution in [0.25, 0.3) is 0 Å². The van der Waals surface area contributed by atoms with Crippen molar-refractivity contribution in [2.75, 3.05) is 5.32 Å². The molecule has 0 atom stereocenters. The van der Waals surface area contributed by atoms with Crippen molar-refractivity contribution in [3.05, 3.63) is 29.8 Å². The van der Waals surface area contributed by atoms with Crippen LogP contribution in [0, 0.1) is 0 Å². The number of oxime groups is 1. The lowest BCUT2D eigenvalue weighted by molar-refractivity contribution is -0.114. The fourth-order valence-corrected chi connectivity index (χ4v) is 1.16. The van der Waals surface area contributed by atoms with Crippen LogP contribution in [-0.4, -0.2) is 22.6 Å². The Balaban J connectivity index is 2.87. The van der Waals surface area contributed by atoms with Crippen LogP contribution in [0.1, 0.15) is 24.2 Å². The van der Waals surface area contributed by atoms with E-state index in [1.54, 1.807) is 24.3 Å². The van der Waals surface area contributed by atoms with Gasteiger partial charge in [-0.3, -0.25) is 9.59 Å². The van der Waals surface area contributed by atoms with E-state index in [1.165, 1.54) is 13.8 Å². The summed E-state index contributed by atoms with van der Waals surface area (Å²) in [4.78, 5) is 22.3. The molecule has 0 saturated carbocycles. The summed E-state index contributed by atoms with van der Waals surface area (Å²) in [5.74, 6) is -0.524. The molecule has 5 heteroatoms. The standard InChI is InChI=1S/C11H12N2O3/c1-7(13-16)11(15)9-3-5-10(6-4-9)12-8(2)14/h3-6,16H,1-2H3,(H,12,14). The Morgan fingerprint density at radius 3 is 2.19 bits per heavy atom. The molecule has 0 spiro atoms. The number of carbonyl (C=O) groups excluding carboxylic acids is 2. The zero-order valence-electron chi connectivity index (χ0n) is 9.02. The van der Waals surface area contributed by atoms with E-state index in [2.05, 4.69) is 10.5 Å². The number of rotatable bonds is 3. The van der Waals surface area contributed by atoms with Crippen molar-refractivity contribution in [3.63, 3.8) is 0 Å². The number of nitrogens with one attached hydrogen (secondary N) is 1. The van der Waals surface area contributed by atoms with Crippen molar-refractivity contribution in [1.29, 1.82) is 0 Å². The molecule has 0 radical (unpaired) electrons. The average Bonchev–Trinajstić information content (AvgIpc) is 2.27. The molecule has 16 heavy (non-hydrogen) atoms. The highest BCUT2D eigenvalue weighted by molar-refractivity contribution is 6.45. The predicted molar refractivity (Wildman–Crippen MR) is 60.0 cm³/mol. The minimum Gasteiger partial charge on any atom is -0.411 e. The van der Waals surface area contributed by atoms with Crippen LogP contribution in [0.5, 0.6) is 0 Å². The monoisotopic (exact) mass is 220 g/mol. The van der Waals surface area contributed by atoms with Crippen LogP contribution >= 0.6 is 0 Å². The van der Waals surface area contributed by atoms with Crippen LogP contribution in [0.2, 0.25) is 0 Å². The first-order chi connectivity index (χ1) is 7.54. The minimum atomic E-state index is -0.350. The molecule has 0 aliphatic rings. The van der Waals surface area contributed by atoms with E-state index in [4.69, 9.17) is 5.21 Å². The van der Waals surface area contributed by atoms with Crippen molar-refractivity contribution in [2.45, 2.75) is 13.8 Å². The van der Waals surface area contributed by atoms with Gasteiger partial charge in [-0.25, -0.2) is 0 Å². The van der Waals surface area contributed by atoms with E-state index in [0.29, 0.717) is 11.3 Å². The van der Waals surface area contributed by atoms with Gasteiger partial charge >= 0.3 is 0 Å². The Kier molecular flexibility index (Phi) is 3.77. The van der Waals surface area contributed by atoms with E-state index < -0.39 is 0 Å². The van der Waals surface area contributed by atoms with Crippen LogP contribution in [-0.2, 0) is 4.79 Å². The van der Waals surface area contributed by atoms with Crippen molar-refractivity contribution in [3.8, 4) is 0 Å². The van der Waals surface area contributed by atoms with Crippen molar-refractivity contribution >= 4 is 23.1 Å². The highest BCUT2D eigenvalue weighted by atomic mass is 16.4. The van der Waals surface area contributed by atoms with Crippen LogP contribution in [0.4, 0.5) is 5.69 Å². The summed E-state index contributed by atoms with van der Waals surface area (Å²) in [5, 5.41) is 13.9. The van der Waals surface area contributed by atoms with Gasteiger partial charge in [-0.2, -0.15) is 0 Å². The van der Waals surface area contributed by atoms with Crippen molar-refractivity contribution < 1.29 is 14.8 Å². The van der Waals surface area contributed by atoms with Crippen molar-refractivity contribution in [2.24, 2.45) is 5.16 Å². The number of anilines is 1. The largest absolute Gasteiger partial charge is 0.411 e. The van der Waals surface area contributed by atoms with Gasteiger partial charge in [0, 0.05) is 18.2 Å². The number of benzene rings is 1. The summed E-state index contributed by atoms with van der Waals surface area (Å²) in [5.41, 5.74) is 1.04. The van der Waals surface area contributed by atoms with Crippen LogP contribution in [0.15, 0.2) is 29.4 Å². The highest BCUT2D eigenvalue weighted by Crippen LogP contribution is 2.10. The first kappa shape index (κ1) is 11.9. The molecule has 5 nitrogen and oxygen atoms in total. The van der Waals surface area contributed by atoms with Crippen LogP contribution in [0.3, 0.4) is 0 Å². The summed E-state index contributed by atoms with van der Waals surface area (Å²) in [6.45, 7) is 2.83. The van der Waals surface area contributed by atoms with Gasteiger partial charge in [0.2, 0.25) is 11.7 Å². The van der Waals surface area contributed by atoms with E-state index in [0.717, 1.165) is 0 Å². The Morgan fingerprint density at radius 1 is 1.19 bits per heavy atom. The molecule has 0 heterocycles. The lowest BCUT2D eigenvalue weighted by atomic mass is 10.1. The summed E-state index contributed by atoms with van der Waals surface area (Å²) in [6, 6.07) is 6.34. The zero-order valence-corrected chi connectivity index (χ0v) is 9.02. The summed E-state index contributed by atoms with van der Waals surface area (Å²) < 4.78 is 0. The first-order valence-corrected chi connectivity index (χ1v) is 4.65. The third-order valence-electron chi connectivity index (χ3n) is 1.95. The molecule has 1 aromatic carbocycles. The molecule has 0 aliphatic carbocycles. The number of carbonyl (C=O) groups is 2. The van der Waals surface area contributed by atoms with Gasteiger partial charge in [0.15, 0.2) is 0 Å². The second kappa shape index (κ2) is 5.06. The number of nitrogens with zero attached hydrogens (tertiary/aromatic N) is 1. The van der Waals surface area contributed by atoms with Gasteiger partial charge < -0.3 is 10.5 Å². The lowest BCUT2D eigenvalue weighted by Crippen LogP contribution is -2.11. The van der Waals surface area contributed by atoms with Gasteiger partial charge in [-0.15, -0.1) is 0 Å². The summed E-state index contributed by atoms with van der Waals surface area (Å²) >= 11 is 0. The normalized spacial score (nSPS) is 11.0. The first-order valence-electron chi connectivity index (χ1n) is 4.65. The number of Topliss-reactive ketones (excluding diaryl/α,β-unsaturated/α-hetero) is 1. The zero-order chi connectivity index (χ0) is 12.1. The third kappa shape index (κ3) is 2.91. The predicted octanol–water partition coefficient (Wildman–Crippen LogP) is 1.68. The second-order valence-electron chi connectivity index (χ2n) is 3.27. The third-order valence-corrected chi connectivity index (χ3v) is 1.95. The molecule has 1 rings (SSSR count). The molecule has 2 N–H and O–H groups in total. The number of ketones is 1. The number of hydrogen-bond donors (Lipinski definition) is 2. The average molecular weight is 220 g/mol. The fraction of sp³-hybridized carbons (Fsp3) is 0.182. The molecule has 0 unspecified atom stereocenters. The summed E-state index contributed by atoms with van der Waals surface area (Å²) in [6.07, 6.45) is 0. The maximum Gasteiger partial charge on any atom is 0.221 e. The molecule has 0 saturated heterocycles. The molecule has 0 bridgehead atoms. The molecule has 84 valence electrons. The molecule has 0 aliphatic heterocycles. The van der Waals surface area contributed by atoms with Gasteiger partial charge in [-0.05, 0) is 31.2 Å². The Labute approximate surface area is 92.8 Å². The number of amides is 1. The Bertz CT molecular complexity index is 435. The molecule has 0 aromatic heterocycles. The Hall–Kier alpha value is -2.17. The molecule has 1 aromatic rings. The molecular formula is C11H12N2O3. The topological polar surface area (TPSA) is 78.8 Å². The van der Waals surface area contributed by atoms with Gasteiger partial charge in [0.25, 0.3) is 0 Å². The molecular weight excluding hydrogens is 208 g/mol. The Morgan fingerprint density at radius 2 is 1.75 bits per heavy atom. The highest BCUT2D eigenvalue weighted by Gasteiger charge is 2.09.